The second kappa shape index (κ2) is 8.11. The monoisotopic (exact) mass is 323 g/mol. The first-order valence-electron chi connectivity index (χ1n) is 8.81. The number of aliphatic hydroxyl groups is 1. The molecule has 1 aliphatic carbocycles. The first-order valence-corrected chi connectivity index (χ1v) is 8.81. The van der Waals surface area contributed by atoms with Gasteiger partial charge in [-0.1, -0.05) is 42.5 Å². The fraction of sp³-hybridized carbons (Fsp3) is 0.381. The Labute approximate surface area is 143 Å². The Morgan fingerprint density at radius 1 is 1.08 bits per heavy atom. The zero-order chi connectivity index (χ0) is 16.8. The Morgan fingerprint density at radius 2 is 1.79 bits per heavy atom. The molecule has 0 aromatic heterocycles. The summed E-state index contributed by atoms with van der Waals surface area (Å²) in [6.07, 6.45) is 4.30. The molecule has 3 nitrogen and oxygen atoms in total. The molecule has 3 rings (SSSR count). The van der Waals surface area contributed by atoms with Crippen LogP contribution >= 0.6 is 0 Å². The summed E-state index contributed by atoms with van der Waals surface area (Å²) in [5.74, 6) is 0.829. The first kappa shape index (κ1) is 16.7. The van der Waals surface area contributed by atoms with Crippen LogP contribution in [0.5, 0.6) is 0 Å². The topological polar surface area (TPSA) is 49.3 Å². The highest BCUT2D eigenvalue weighted by Gasteiger charge is 2.28. The summed E-state index contributed by atoms with van der Waals surface area (Å²) in [6.45, 7) is 0.485. The molecule has 2 N–H and O–H groups in total. The number of benzene rings is 2. The van der Waals surface area contributed by atoms with Gasteiger partial charge in [-0.25, -0.2) is 0 Å². The van der Waals surface area contributed by atoms with Crippen LogP contribution < -0.4 is 5.32 Å². The van der Waals surface area contributed by atoms with Crippen molar-refractivity contribution in [1.29, 1.82) is 0 Å². The van der Waals surface area contributed by atoms with Crippen LogP contribution in [0.3, 0.4) is 0 Å². The highest BCUT2D eigenvalue weighted by Crippen LogP contribution is 2.31. The Hall–Kier alpha value is -2.13. The molecule has 1 saturated carbocycles. The molecule has 1 aliphatic rings. The Balaban J connectivity index is 1.41. The van der Waals surface area contributed by atoms with E-state index in [4.69, 9.17) is 0 Å². The second-order valence-electron chi connectivity index (χ2n) is 6.60. The number of anilines is 1. The molecule has 1 atom stereocenters. The van der Waals surface area contributed by atoms with Crippen molar-refractivity contribution in [3.63, 3.8) is 0 Å². The minimum atomic E-state index is -0.515. The summed E-state index contributed by atoms with van der Waals surface area (Å²) < 4.78 is 0. The number of hydrogen-bond donors (Lipinski definition) is 2. The van der Waals surface area contributed by atoms with Crippen molar-refractivity contribution in [2.45, 2.75) is 38.2 Å². The number of aliphatic hydroxyl groups excluding tert-OH is 1. The van der Waals surface area contributed by atoms with Crippen LogP contribution in [-0.2, 0) is 11.2 Å². The molecule has 2 aromatic rings. The van der Waals surface area contributed by atoms with Gasteiger partial charge in [0.2, 0.25) is 0 Å². The van der Waals surface area contributed by atoms with Crippen molar-refractivity contribution in [3.8, 4) is 0 Å². The Bertz CT molecular complexity index is 647. The van der Waals surface area contributed by atoms with Gasteiger partial charge in [0.05, 0.1) is 6.10 Å². The molecule has 0 saturated heterocycles. The lowest BCUT2D eigenvalue weighted by Crippen LogP contribution is -2.11. The Morgan fingerprint density at radius 3 is 2.46 bits per heavy atom. The predicted octanol–water partition coefficient (Wildman–Crippen LogP) is 4.13. The van der Waals surface area contributed by atoms with E-state index in [1.54, 1.807) is 0 Å². The summed E-state index contributed by atoms with van der Waals surface area (Å²) in [5, 5.41) is 13.4. The molecule has 0 amide bonds. The van der Waals surface area contributed by atoms with Crippen molar-refractivity contribution in [1.82, 2.24) is 0 Å². The van der Waals surface area contributed by atoms with Crippen molar-refractivity contribution >= 4 is 11.5 Å². The maximum atomic E-state index is 11.7. The van der Waals surface area contributed by atoms with Gasteiger partial charge in [-0.2, -0.15) is 0 Å². The third-order valence-corrected chi connectivity index (χ3v) is 4.56. The highest BCUT2D eigenvalue weighted by atomic mass is 16.3. The molecular weight excluding hydrogens is 298 g/mol. The summed E-state index contributed by atoms with van der Waals surface area (Å²) in [6, 6.07) is 17.9. The van der Waals surface area contributed by atoms with E-state index in [0.29, 0.717) is 24.7 Å². The van der Waals surface area contributed by atoms with E-state index in [2.05, 4.69) is 17.4 Å². The SMILES string of the molecule is O=C(CCCc1ccc(NCC(O)c2ccccc2)cc1)C1CC1. The third kappa shape index (κ3) is 4.93. The molecule has 0 spiro atoms. The van der Waals surface area contributed by atoms with Gasteiger partial charge in [0.15, 0.2) is 0 Å². The Kier molecular flexibility index (Phi) is 5.65. The lowest BCUT2D eigenvalue weighted by molar-refractivity contribution is -0.120. The quantitative estimate of drug-likeness (QED) is 0.729. The number of aryl methyl sites for hydroxylation is 1. The minimum absolute atomic E-state index is 0.382. The number of rotatable bonds is 9. The van der Waals surface area contributed by atoms with Gasteiger partial charge in [-0.3, -0.25) is 4.79 Å². The number of carbonyl (C=O) groups is 1. The van der Waals surface area contributed by atoms with Crippen molar-refractivity contribution in [2.24, 2.45) is 5.92 Å². The molecule has 24 heavy (non-hydrogen) atoms. The summed E-state index contributed by atoms with van der Waals surface area (Å²) in [7, 11) is 0. The highest BCUT2D eigenvalue weighted by molar-refractivity contribution is 5.83. The van der Waals surface area contributed by atoms with Crippen LogP contribution in [0.15, 0.2) is 54.6 Å². The number of hydrogen-bond acceptors (Lipinski definition) is 3. The molecule has 0 radical (unpaired) electrons. The largest absolute Gasteiger partial charge is 0.387 e. The van der Waals surface area contributed by atoms with Crippen LogP contribution in [0.4, 0.5) is 5.69 Å². The van der Waals surface area contributed by atoms with Crippen LogP contribution in [0.25, 0.3) is 0 Å². The van der Waals surface area contributed by atoms with E-state index in [1.807, 2.05) is 42.5 Å². The predicted molar refractivity (Wildman–Crippen MR) is 97.0 cm³/mol. The van der Waals surface area contributed by atoms with Crippen molar-refractivity contribution in [3.05, 3.63) is 65.7 Å². The zero-order valence-corrected chi connectivity index (χ0v) is 13.9. The average Bonchev–Trinajstić information content (AvgIpc) is 3.46. The maximum Gasteiger partial charge on any atom is 0.135 e. The average molecular weight is 323 g/mol. The molecule has 0 heterocycles. The van der Waals surface area contributed by atoms with E-state index in [0.717, 1.165) is 36.9 Å². The summed E-state index contributed by atoms with van der Waals surface area (Å²) >= 11 is 0. The summed E-state index contributed by atoms with van der Waals surface area (Å²) in [5.41, 5.74) is 3.18. The number of nitrogens with one attached hydrogen (secondary N) is 1. The van der Waals surface area contributed by atoms with Crippen molar-refractivity contribution in [2.75, 3.05) is 11.9 Å². The lowest BCUT2D eigenvalue weighted by atomic mass is 10.0. The van der Waals surface area contributed by atoms with Gasteiger partial charge >= 0.3 is 0 Å². The summed E-state index contributed by atoms with van der Waals surface area (Å²) in [4.78, 5) is 11.7. The second-order valence-corrected chi connectivity index (χ2v) is 6.60. The van der Waals surface area contributed by atoms with Gasteiger partial charge in [-0.05, 0) is 48.9 Å². The van der Waals surface area contributed by atoms with Gasteiger partial charge in [0, 0.05) is 24.6 Å². The molecule has 3 heteroatoms. The molecule has 0 bridgehead atoms. The van der Waals surface area contributed by atoms with Crippen LogP contribution in [-0.4, -0.2) is 17.4 Å². The standard InChI is InChI=1S/C21H25NO2/c23-20(18-11-12-18)8-4-5-16-9-13-19(14-10-16)22-15-21(24)17-6-2-1-3-7-17/h1-3,6-7,9-10,13-14,18,21-22,24H,4-5,8,11-12,15H2. The van der Waals surface area contributed by atoms with Crippen molar-refractivity contribution < 1.29 is 9.90 Å². The van der Waals surface area contributed by atoms with E-state index < -0.39 is 6.10 Å². The lowest BCUT2D eigenvalue weighted by Gasteiger charge is -2.13. The maximum absolute atomic E-state index is 11.7. The van der Waals surface area contributed by atoms with E-state index in [1.165, 1.54) is 5.56 Å². The smallest absolute Gasteiger partial charge is 0.135 e. The fourth-order valence-corrected chi connectivity index (χ4v) is 2.87. The van der Waals surface area contributed by atoms with E-state index >= 15 is 0 Å². The third-order valence-electron chi connectivity index (χ3n) is 4.56. The molecule has 0 aliphatic heterocycles. The fourth-order valence-electron chi connectivity index (χ4n) is 2.87. The van der Waals surface area contributed by atoms with E-state index in [-0.39, 0.29) is 0 Å². The van der Waals surface area contributed by atoms with Crippen LogP contribution in [0, 0.1) is 5.92 Å². The normalized spacial score (nSPS) is 15.0. The number of carbonyl (C=O) groups excluding carboxylic acids is 1. The first-order chi connectivity index (χ1) is 11.7. The van der Waals surface area contributed by atoms with Gasteiger partial charge in [-0.15, -0.1) is 0 Å². The molecule has 1 fully saturated rings. The van der Waals surface area contributed by atoms with Gasteiger partial charge in [0.1, 0.15) is 5.78 Å². The van der Waals surface area contributed by atoms with E-state index in [9.17, 15) is 9.90 Å². The molecule has 126 valence electrons. The molecule has 2 aromatic carbocycles. The van der Waals surface area contributed by atoms with Gasteiger partial charge < -0.3 is 10.4 Å². The molecule has 1 unspecified atom stereocenters. The number of ketones is 1. The molecular formula is C21H25NO2. The zero-order valence-electron chi connectivity index (χ0n) is 13.9. The number of Topliss-reactive ketones (excluding diaryl/α,β-unsaturated/α-hetero) is 1. The van der Waals surface area contributed by atoms with Crippen LogP contribution in [0.1, 0.15) is 42.9 Å². The van der Waals surface area contributed by atoms with Gasteiger partial charge in [0.25, 0.3) is 0 Å². The minimum Gasteiger partial charge on any atom is -0.387 e. The van der Waals surface area contributed by atoms with Crippen LogP contribution in [0.2, 0.25) is 0 Å².